The molecule has 0 radical (unpaired) electrons. The Labute approximate surface area is 99.7 Å². The molecule has 1 rings (SSSR count). The molecular formula is C12H15NO4. The number of benzene rings is 1. The number of hydroxylamine groups is 1. The van der Waals surface area contributed by atoms with E-state index in [0.717, 1.165) is 5.56 Å². The van der Waals surface area contributed by atoms with Gasteiger partial charge in [0.2, 0.25) is 5.91 Å². The number of rotatable bonds is 5. The maximum atomic E-state index is 11.2. The van der Waals surface area contributed by atoms with Gasteiger partial charge in [0.1, 0.15) is 0 Å². The molecule has 0 aliphatic rings. The molecule has 0 aromatic heterocycles. The van der Waals surface area contributed by atoms with E-state index in [1.54, 1.807) is 24.3 Å². The molecule has 92 valence electrons. The van der Waals surface area contributed by atoms with Crippen molar-refractivity contribution < 1.29 is 19.2 Å². The molecule has 0 atom stereocenters. The van der Waals surface area contributed by atoms with Gasteiger partial charge in [-0.2, -0.15) is 0 Å². The molecule has 0 saturated carbocycles. The smallest absolute Gasteiger partial charge is 0.337 e. The maximum Gasteiger partial charge on any atom is 0.337 e. The summed E-state index contributed by atoms with van der Waals surface area (Å²) in [5.74, 6) is -0.543. The van der Waals surface area contributed by atoms with E-state index >= 15 is 0 Å². The summed E-state index contributed by atoms with van der Waals surface area (Å²) in [6, 6.07) is 6.95. The van der Waals surface area contributed by atoms with Gasteiger partial charge in [0, 0.05) is 6.42 Å². The monoisotopic (exact) mass is 237 g/mol. The lowest BCUT2D eigenvalue weighted by Crippen LogP contribution is -2.21. The Morgan fingerprint density at radius 1 is 1.18 bits per heavy atom. The van der Waals surface area contributed by atoms with Crippen LogP contribution in [-0.4, -0.2) is 26.1 Å². The number of aryl methyl sites for hydroxylation is 1. The lowest BCUT2D eigenvalue weighted by Gasteiger charge is -2.03. The number of esters is 1. The second-order valence-electron chi connectivity index (χ2n) is 3.42. The predicted octanol–water partition coefficient (Wildman–Crippen LogP) is 1.08. The summed E-state index contributed by atoms with van der Waals surface area (Å²) in [5.41, 5.74) is 3.72. The summed E-state index contributed by atoms with van der Waals surface area (Å²) in [7, 11) is 2.73. The number of carbonyl (C=O) groups is 2. The largest absolute Gasteiger partial charge is 0.465 e. The van der Waals surface area contributed by atoms with Gasteiger partial charge in [0.05, 0.1) is 19.8 Å². The first kappa shape index (κ1) is 13.2. The zero-order chi connectivity index (χ0) is 12.7. The molecule has 5 heteroatoms. The minimum Gasteiger partial charge on any atom is -0.465 e. The molecule has 0 bridgehead atoms. The summed E-state index contributed by atoms with van der Waals surface area (Å²) in [6.07, 6.45) is 0.933. The first-order valence-electron chi connectivity index (χ1n) is 5.16. The van der Waals surface area contributed by atoms with E-state index < -0.39 is 0 Å². The van der Waals surface area contributed by atoms with E-state index in [9.17, 15) is 9.59 Å². The molecule has 0 fully saturated rings. The average Bonchev–Trinajstić information content (AvgIpc) is 2.36. The van der Waals surface area contributed by atoms with Crippen molar-refractivity contribution in [1.82, 2.24) is 5.48 Å². The van der Waals surface area contributed by atoms with Crippen molar-refractivity contribution in [3.05, 3.63) is 35.4 Å². The molecule has 0 aliphatic heterocycles. The van der Waals surface area contributed by atoms with Crippen molar-refractivity contribution in [2.75, 3.05) is 14.2 Å². The molecule has 0 saturated heterocycles. The number of amides is 1. The highest BCUT2D eigenvalue weighted by Crippen LogP contribution is 2.07. The van der Waals surface area contributed by atoms with Crippen LogP contribution in [-0.2, 0) is 20.8 Å². The van der Waals surface area contributed by atoms with E-state index in [1.165, 1.54) is 14.2 Å². The highest BCUT2D eigenvalue weighted by molar-refractivity contribution is 5.89. The van der Waals surface area contributed by atoms with Gasteiger partial charge in [-0.25, -0.2) is 10.3 Å². The van der Waals surface area contributed by atoms with Gasteiger partial charge >= 0.3 is 5.97 Å². The first-order chi connectivity index (χ1) is 8.17. The highest BCUT2D eigenvalue weighted by atomic mass is 16.6. The van der Waals surface area contributed by atoms with Crippen molar-refractivity contribution in [3.63, 3.8) is 0 Å². The molecule has 17 heavy (non-hydrogen) atoms. The number of methoxy groups -OCH3 is 1. The Balaban J connectivity index is 2.51. The van der Waals surface area contributed by atoms with Crippen LogP contribution in [0.15, 0.2) is 24.3 Å². The lowest BCUT2D eigenvalue weighted by atomic mass is 10.1. The summed E-state index contributed by atoms with van der Waals surface area (Å²) < 4.78 is 4.59. The van der Waals surface area contributed by atoms with Gasteiger partial charge in [-0.1, -0.05) is 12.1 Å². The topological polar surface area (TPSA) is 64.6 Å². The summed E-state index contributed by atoms with van der Waals surface area (Å²) in [6.45, 7) is 0. The Hall–Kier alpha value is -1.88. The second kappa shape index (κ2) is 6.65. The average molecular weight is 237 g/mol. The Bertz CT molecular complexity index is 386. The Morgan fingerprint density at radius 3 is 2.35 bits per heavy atom. The lowest BCUT2D eigenvalue weighted by molar-refractivity contribution is -0.131. The zero-order valence-electron chi connectivity index (χ0n) is 9.86. The molecule has 1 N–H and O–H groups in total. The van der Waals surface area contributed by atoms with E-state index in [1.807, 2.05) is 0 Å². The van der Waals surface area contributed by atoms with Crippen molar-refractivity contribution in [3.8, 4) is 0 Å². The molecule has 1 aromatic rings. The third-order valence-electron chi connectivity index (χ3n) is 2.23. The van der Waals surface area contributed by atoms with E-state index in [0.29, 0.717) is 18.4 Å². The van der Waals surface area contributed by atoms with Crippen LogP contribution in [0.1, 0.15) is 22.3 Å². The van der Waals surface area contributed by atoms with Crippen LogP contribution in [0.4, 0.5) is 0 Å². The number of nitrogens with one attached hydrogen (secondary N) is 1. The van der Waals surface area contributed by atoms with Crippen LogP contribution in [0.25, 0.3) is 0 Å². The van der Waals surface area contributed by atoms with Crippen LogP contribution in [0.3, 0.4) is 0 Å². The molecule has 0 spiro atoms. The summed E-state index contributed by atoms with van der Waals surface area (Å²) in [5, 5.41) is 0. The number of hydrogen-bond acceptors (Lipinski definition) is 4. The normalized spacial score (nSPS) is 9.76. The van der Waals surface area contributed by atoms with Crippen LogP contribution in [0, 0.1) is 0 Å². The van der Waals surface area contributed by atoms with Crippen LogP contribution in [0.5, 0.6) is 0 Å². The third kappa shape index (κ3) is 4.24. The van der Waals surface area contributed by atoms with Gasteiger partial charge in [0.15, 0.2) is 0 Å². The van der Waals surface area contributed by atoms with Crippen molar-refractivity contribution in [1.29, 1.82) is 0 Å². The third-order valence-corrected chi connectivity index (χ3v) is 2.23. The molecule has 0 unspecified atom stereocenters. The predicted molar refractivity (Wildman–Crippen MR) is 61.3 cm³/mol. The van der Waals surface area contributed by atoms with E-state index in [2.05, 4.69) is 15.1 Å². The van der Waals surface area contributed by atoms with Gasteiger partial charge in [-0.15, -0.1) is 0 Å². The zero-order valence-corrected chi connectivity index (χ0v) is 9.86. The fourth-order valence-electron chi connectivity index (χ4n) is 1.35. The van der Waals surface area contributed by atoms with E-state index in [4.69, 9.17) is 0 Å². The standard InChI is InChI=1S/C12H15NO4/c1-16-12(15)10-6-3-9(4-7-10)5-8-11(14)13-17-2/h3-4,6-7H,5,8H2,1-2H3,(H,13,14). The number of hydrogen-bond donors (Lipinski definition) is 1. The molecular weight excluding hydrogens is 222 g/mol. The molecule has 1 aromatic carbocycles. The van der Waals surface area contributed by atoms with Gasteiger partial charge in [-0.05, 0) is 24.1 Å². The Kier molecular flexibility index (Phi) is 5.16. The molecule has 0 aliphatic carbocycles. The summed E-state index contributed by atoms with van der Waals surface area (Å²) in [4.78, 5) is 26.8. The minimum atomic E-state index is -0.367. The summed E-state index contributed by atoms with van der Waals surface area (Å²) >= 11 is 0. The SMILES string of the molecule is CONC(=O)CCc1ccc(C(=O)OC)cc1. The molecule has 0 heterocycles. The van der Waals surface area contributed by atoms with Gasteiger partial charge in [-0.3, -0.25) is 9.63 Å². The van der Waals surface area contributed by atoms with E-state index in [-0.39, 0.29) is 11.9 Å². The quantitative estimate of drug-likeness (QED) is 0.615. The second-order valence-corrected chi connectivity index (χ2v) is 3.42. The van der Waals surface area contributed by atoms with Crippen LogP contribution in [0.2, 0.25) is 0 Å². The fourth-order valence-corrected chi connectivity index (χ4v) is 1.35. The fraction of sp³-hybridized carbons (Fsp3) is 0.333. The van der Waals surface area contributed by atoms with Crippen molar-refractivity contribution >= 4 is 11.9 Å². The Morgan fingerprint density at radius 2 is 1.82 bits per heavy atom. The number of carbonyl (C=O) groups excluding carboxylic acids is 2. The van der Waals surface area contributed by atoms with Crippen LogP contribution >= 0.6 is 0 Å². The van der Waals surface area contributed by atoms with Crippen LogP contribution < -0.4 is 5.48 Å². The van der Waals surface area contributed by atoms with Gasteiger partial charge in [0.25, 0.3) is 0 Å². The van der Waals surface area contributed by atoms with Gasteiger partial charge < -0.3 is 4.74 Å². The maximum absolute atomic E-state index is 11.2. The van der Waals surface area contributed by atoms with Crippen molar-refractivity contribution in [2.24, 2.45) is 0 Å². The molecule has 1 amide bonds. The highest BCUT2D eigenvalue weighted by Gasteiger charge is 2.05. The minimum absolute atomic E-state index is 0.176. The number of ether oxygens (including phenoxy) is 1. The van der Waals surface area contributed by atoms with Crippen molar-refractivity contribution in [2.45, 2.75) is 12.8 Å². The first-order valence-corrected chi connectivity index (χ1v) is 5.16. The molecule has 5 nitrogen and oxygen atoms in total.